The molecule has 102 valence electrons. The topological polar surface area (TPSA) is 68.0 Å². The Kier molecular flexibility index (Phi) is 7.21. The normalized spacial score (nSPS) is 21.7. The van der Waals surface area contributed by atoms with Crippen molar-refractivity contribution in [2.45, 2.75) is 32.2 Å². The molecule has 6 heteroatoms. The van der Waals surface area contributed by atoms with E-state index in [4.69, 9.17) is 5.73 Å². The number of carbonyl (C=O) groups excluding carboxylic acids is 1. The minimum absolute atomic E-state index is 0. The molecule has 0 radical (unpaired) electrons. The van der Waals surface area contributed by atoms with Crippen LogP contribution >= 0.6 is 24.8 Å². The smallest absolute Gasteiger partial charge is 0.229 e. The number of pyridine rings is 1. The van der Waals surface area contributed by atoms with Gasteiger partial charge in [-0.2, -0.15) is 0 Å². The highest BCUT2D eigenvalue weighted by molar-refractivity contribution is 5.93. The number of nitrogens with one attached hydrogen (secondary N) is 1. The summed E-state index contributed by atoms with van der Waals surface area (Å²) in [6.45, 7) is 1.93. The number of anilines is 1. The first-order chi connectivity index (χ1) is 7.68. The van der Waals surface area contributed by atoms with Crippen molar-refractivity contribution >= 4 is 36.4 Å². The van der Waals surface area contributed by atoms with Gasteiger partial charge in [0.1, 0.15) is 0 Å². The fourth-order valence-corrected chi connectivity index (χ4v) is 2.15. The van der Waals surface area contributed by atoms with E-state index >= 15 is 0 Å². The van der Waals surface area contributed by atoms with E-state index in [1.54, 1.807) is 12.4 Å². The van der Waals surface area contributed by atoms with Gasteiger partial charge in [0, 0.05) is 24.1 Å². The molecule has 1 aromatic rings. The molecule has 1 heterocycles. The highest BCUT2D eigenvalue weighted by Crippen LogP contribution is 2.25. The third-order valence-electron chi connectivity index (χ3n) is 3.18. The van der Waals surface area contributed by atoms with E-state index in [9.17, 15) is 4.79 Å². The molecule has 0 aromatic carbocycles. The van der Waals surface area contributed by atoms with Gasteiger partial charge in [-0.1, -0.05) is 6.42 Å². The summed E-state index contributed by atoms with van der Waals surface area (Å²) in [5.41, 5.74) is 7.71. The largest absolute Gasteiger partial charge is 0.327 e. The summed E-state index contributed by atoms with van der Waals surface area (Å²) in [6.07, 6.45) is 6.32. The molecule has 2 atom stereocenters. The number of nitrogens with zero attached hydrogens (tertiary/aromatic N) is 1. The van der Waals surface area contributed by atoms with Crippen LogP contribution in [0.25, 0.3) is 0 Å². The van der Waals surface area contributed by atoms with Crippen LogP contribution in [0.1, 0.15) is 24.8 Å². The molecule has 2 rings (SSSR count). The van der Waals surface area contributed by atoms with E-state index in [-0.39, 0.29) is 42.7 Å². The SMILES string of the molecule is Cc1cnccc1NC(=O)C1CCCC1N.Cl.Cl. The van der Waals surface area contributed by atoms with Crippen molar-refractivity contribution in [2.75, 3.05) is 5.32 Å². The van der Waals surface area contributed by atoms with Crippen LogP contribution in [-0.4, -0.2) is 16.9 Å². The molecule has 1 saturated carbocycles. The summed E-state index contributed by atoms with van der Waals surface area (Å²) < 4.78 is 0. The molecule has 1 aliphatic carbocycles. The summed E-state index contributed by atoms with van der Waals surface area (Å²) in [7, 11) is 0. The summed E-state index contributed by atoms with van der Waals surface area (Å²) in [5, 5.41) is 2.92. The fourth-order valence-electron chi connectivity index (χ4n) is 2.15. The van der Waals surface area contributed by atoms with Gasteiger partial charge in [-0.05, 0) is 31.4 Å². The molecule has 1 aromatic heterocycles. The lowest BCUT2D eigenvalue weighted by Crippen LogP contribution is -2.34. The molecule has 4 nitrogen and oxygen atoms in total. The molecule has 0 saturated heterocycles. The number of amides is 1. The molecular formula is C12H19Cl2N3O. The second-order valence-corrected chi connectivity index (χ2v) is 4.38. The summed E-state index contributed by atoms with van der Waals surface area (Å²) >= 11 is 0. The maximum Gasteiger partial charge on any atom is 0.229 e. The van der Waals surface area contributed by atoms with Gasteiger partial charge in [0.2, 0.25) is 5.91 Å². The Morgan fingerprint density at radius 2 is 2.17 bits per heavy atom. The van der Waals surface area contributed by atoms with Crippen LogP contribution in [0.2, 0.25) is 0 Å². The van der Waals surface area contributed by atoms with E-state index in [0.717, 1.165) is 30.5 Å². The highest BCUT2D eigenvalue weighted by atomic mass is 35.5. The van der Waals surface area contributed by atoms with Crippen LogP contribution in [0, 0.1) is 12.8 Å². The first-order valence-corrected chi connectivity index (χ1v) is 5.65. The highest BCUT2D eigenvalue weighted by Gasteiger charge is 2.30. The Morgan fingerprint density at radius 1 is 1.44 bits per heavy atom. The van der Waals surface area contributed by atoms with Crippen LogP contribution in [0.5, 0.6) is 0 Å². The number of aryl methyl sites for hydroxylation is 1. The minimum Gasteiger partial charge on any atom is -0.327 e. The third-order valence-corrected chi connectivity index (χ3v) is 3.18. The van der Waals surface area contributed by atoms with Gasteiger partial charge in [-0.15, -0.1) is 24.8 Å². The zero-order valence-electron chi connectivity index (χ0n) is 10.3. The van der Waals surface area contributed by atoms with Crippen molar-refractivity contribution in [3.05, 3.63) is 24.0 Å². The number of halogens is 2. The van der Waals surface area contributed by atoms with Crippen LogP contribution in [0.15, 0.2) is 18.5 Å². The molecule has 2 unspecified atom stereocenters. The zero-order valence-corrected chi connectivity index (χ0v) is 11.9. The molecule has 3 N–H and O–H groups in total. The molecule has 18 heavy (non-hydrogen) atoms. The fraction of sp³-hybridized carbons (Fsp3) is 0.500. The molecule has 1 aliphatic rings. The lowest BCUT2D eigenvalue weighted by molar-refractivity contribution is -0.120. The van der Waals surface area contributed by atoms with Gasteiger partial charge in [0.05, 0.1) is 5.92 Å². The first-order valence-electron chi connectivity index (χ1n) is 5.65. The lowest BCUT2D eigenvalue weighted by Gasteiger charge is -2.15. The first kappa shape index (κ1) is 17.2. The van der Waals surface area contributed by atoms with E-state index in [1.807, 2.05) is 13.0 Å². The van der Waals surface area contributed by atoms with Gasteiger partial charge < -0.3 is 11.1 Å². The van der Waals surface area contributed by atoms with Crippen molar-refractivity contribution < 1.29 is 4.79 Å². The van der Waals surface area contributed by atoms with Crippen LogP contribution in [-0.2, 0) is 4.79 Å². The average molecular weight is 292 g/mol. The standard InChI is InChI=1S/C12H17N3O.2ClH/c1-8-7-14-6-5-11(8)15-12(16)9-3-2-4-10(9)13;;/h5-7,9-10H,2-4,13H2,1H3,(H,14,15,16);2*1H. The summed E-state index contributed by atoms with van der Waals surface area (Å²) in [5.74, 6) is 0.00636. The quantitative estimate of drug-likeness (QED) is 0.879. The maximum atomic E-state index is 12.0. The van der Waals surface area contributed by atoms with E-state index in [0.29, 0.717) is 0 Å². The number of hydrogen-bond donors (Lipinski definition) is 2. The third kappa shape index (κ3) is 3.83. The van der Waals surface area contributed by atoms with Crippen molar-refractivity contribution in [1.29, 1.82) is 0 Å². The monoisotopic (exact) mass is 291 g/mol. The Hall–Kier alpha value is -0.840. The van der Waals surface area contributed by atoms with Gasteiger partial charge in [0.15, 0.2) is 0 Å². The average Bonchev–Trinajstić information content (AvgIpc) is 2.68. The molecule has 0 aliphatic heterocycles. The van der Waals surface area contributed by atoms with Crippen LogP contribution in [0.3, 0.4) is 0 Å². The second-order valence-electron chi connectivity index (χ2n) is 4.38. The van der Waals surface area contributed by atoms with Gasteiger partial charge >= 0.3 is 0 Å². The zero-order chi connectivity index (χ0) is 11.5. The van der Waals surface area contributed by atoms with E-state index in [1.165, 1.54) is 0 Å². The molecule has 1 amide bonds. The number of carbonyl (C=O) groups is 1. The predicted molar refractivity (Wildman–Crippen MR) is 77.4 cm³/mol. The van der Waals surface area contributed by atoms with Gasteiger partial charge in [-0.25, -0.2) is 0 Å². The Balaban J connectivity index is 0.00000144. The summed E-state index contributed by atoms with van der Waals surface area (Å²) in [4.78, 5) is 16.0. The lowest BCUT2D eigenvalue weighted by atomic mass is 10.0. The summed E-state index contributed by atoms with van der Waals surface area (Å²) in [6, 6.07) is 1.83. The Labute approximate surface area is 120 Å². The van der Waals surface area contributed by atoms with Gasteiger partial charge in [-0.3, -0.25) is 9.78 Å². The molecule has 0 spiro atoms. The Morgan fingerprint density at radius 3 is 2.72 bits per heavy atom. The van der Waals surface area contributed by atoms with E-state index in [2.05, 4.69) is 10.3 Å². The minimum atomic E-state index is -0.0347. The van der Waals surface area contributed by atoms with Crippen LogP contribution < -0.4 is 11.1 Å². The predicted octanol–water partition coefficient (Wildman–Crippen LogP) is 2.30. The van der Waals surface area contributed by atoms with Gasteiger partial charge in [0.25, 0.3) is 0 Å². The van der Waals surface area contributed by atoms with Crippen LogP contribution in [0.4, 0.5) is 5.69 Å². The van der Waals surface area contributed by atoms with Crippen molar-refractivity contribution in [3.63, 3.8) is 0 Å². The molecule has 1 fully saturated rings. The van der Waals surface area contributed by atoms with Crippen molar-refractivity contribution in [3.8, 4) is 0 Å². The molecule has 0 bridgehead atoms. The maximum absolute atomic E-state index is 12.0. The number of nitrogens with two attached hydrogens (primary N) is 1. The van der Waals surface area contributed by atoms with E-state index < -0.39 is 0 Å². The number of hydrogen-bond acceptors (Lipinski definition) is 3. The van der Waals surface area contributed by atoms with Crippen molar-refractivity contribution in [2.24, 2.45) is 11.7 Å². The number of rotatable bonds is 2. The second kappa shape index (κ2) is 7.56. The van der Waals surface area contributed by atoms with Crippen molar-refractivity contribution in [1.82, 2.24) is 4.98 Å². The Bertz CT molecular complexity index is 401. The number of aromatic nitrogens is 1. The molecular weight excluding hydrogens is 273 g/mol.